The van der Waals surface area contributed by atoms with Crippen LogP contribution in [0.2, 0.25) is 0 Å². The average molecular weight is 258 g/mol. The predicted octanol–water partition coefficient (Wildman–Crippen LogP) is 3.12. The Labute approximate surface area is 110 Å². The lowest BCUT2D eigenvalue weighted by atomic mass is 10.1. The summed E-state index contributed by atoms with van der Waals surface area (Å²) >= 11 is 5.17. The van der Waals surface area contributed by atoms with Crippen LogP contribution in [0.1, 0.15) is 6.92 Å². The van der Waals surface area contributed by atoms with E-state index < -0.39 is 0 Å². The van der Waals surface area contributed by atoms with Crippen molar-refractivity contribution in [1.29, 1.82) is 0 Å². The summed E-state index contributed by atoms with van der Waals surface area (Å²) in [6, 6.07) is 8.35. The number of nitrogens with one attached hydrogen (secondary N) is 1. The molecule has 1 aromatic carbocycles. The molecule has 0 amide bonds. The molecule has 0 atom stereocenters. The van der Waals surface area contributed by atoms with E-state index >= 15 is 0 Å². The highest BCUT2D eigenvalue weighted by atomic mass is 32.1. The molecule has 0 radical (unpaired) electrons. The van der Waals surface area contributed by atoms with E-state index in [-0.39, 0.29) is 0 Å². The third-order valence-corrected chi connectivity index (χ3v) is 3.62. The Bertz CT molecular complexity index is 763. The fraction of sp³-hybridized carbons (Fsp3) is 0.231. The molecule has 0 spiro atoms. The van der Waals surface area contributed by atoms with Gasteiger partial charge in [0.05, 0.1) is 0 Å². The van der Waals surface area contributed by atoms with Gasteiger partial charge in [-0.05, 0) is 25.2 Å². The summed E-state index contributed by atoms with van der Waals surface area (Å²) in [5.74, 6) is 0.878. The summed E-state index contributed by atoms with van der Waals surface area (Å²) < 4.78 is 4.76. The molecular formula is C13H14N4S. The van der Waals surface area contributed by atoms with Crippen LogP contribution in [0.4, 0.5) is 0 Å². The second kappa shape index (κ2) is 4.10. The number of aromatic nitrogens is 4. The summed E-state index contributed by atoms with van der Waals surface area (Å²) in [6.45, 7) is 3.08. The van der Waals surface area contributed by atoms with E-state index in [0.717, 1.165) is 17.9 Å². The lowest BCUT2D eigenvalue weighted by molar-refractivity contribution is 0.797. The van der Waals surface area contributed by atoms with E-state index in [2.05, 4.69) is 46.1 Å². The van der Waals surface area contributed by atoms with Crippen molar-refractivity contribution >= 4 is 23.1 Å². The van der Waals surface area contributed by atoms with Crippen LogP contribution in [0.15, 0.2) is 30.5 Å². The molecule has 3 rings (SSSR count). The number of hydrogen-bond donors (Lipinski definition) is 1. The minimum Gasteiger partial charge on any atom is -0.347 e. The van der Waals surface area contributed by atoms with Crippen LogP contribution in [0.25, 0.3) is 22.3 Å². The quantitative estimate of drug-likeness (QED) is 0.717. The van der Waals surface area contributed by atoms with Gasteiger partial charge in [-0.25, -0.2) is 0 Å². The molecule has 2 heterocycles. The van der Waals surface area contributed by atoms with Crippen molar-refractivity contribution in [2.75, 3.05) is 0 Å². The average Bonchev–Trinajstić information content (AvgIpc) is 2.92. The fourth-order valence-electron chi connectivity index (χ4n) is 2.27. The minimum atomic E-state index is 0.637. The van der Waals surface area contributed by atoms with Crippen molar-refractivity contribution in [2.45, 2.75) is 13.5 Å². The first-order valence-corrected chi connectivity index (χ1v) is 6.33. The molecule has 0 fully saturated rings. The number of nitrogens with zero attached hydrogens (tertiary/aromatic N) is 3. The Morgan fingerprint density at radius 1 is 1.33 bits per heavy atom. The number of H-pyrrole nitrogens is 1. The van der Waals surface area contributed by atoms with Crippen LogP contribution >= 0.6 is 12.2 Å². The van der Waals surface area contributed by atoms with Gasteiger partial charge in [0.1, 0.15) is 0 Å². The first-order chi connectivity index (χ1) is 8.72. The molecular weight excluding hydrogens is 244 g/mol. The Morgan fingerprint density at radius 3 is 2.78 bits per heavy atom. The fourth-order valence-corrected chi connectivity index (χ4v) is 2.41. The third kappa shape index (κ3) is 1.51. The Morgan fingerprint density at radius 2 is 2.11 bits per heavy atom. The number of benzene rings is 1. The molecule has 18 heavy (non-hydrogen) atoms. The van der Waals surface area contributed by atoms with E-state index in [4.69, 9.17) is 12.2 Å². The van der Waals surface area contributed by atoms with Crippen molar-refractivity contribution < 1.29 is 0 Å². The molecule has 1 N–H and O–H groups in total. The van der Waals surface area contributed by atoms with E-state index in [9.17, 15) is 0 Å². The van der Waals surface area contributed by atoms with Crippen molar-refractivity contribution in [3.8, 4) is 11.4 Å². The molecule has 0 saturated heterocycles. The summed E-state index contributed by atoms with van der Waals surface area (Å²) in [5.41, 5.74) is 2.34. The van der Waals surface area contributed by atoms with Gasteiger partial charge in [-0.3, -0.25) is 5.10 Å². The molecule has 92 valence electrons. The molecule has 3 aromatic rings. The van der Waals surface area contributed by atoms with Crippen molar-refractivity contribution in [2.24, 2.45) is 7.05 Å². The maximum absolute atomic E-state index is 5.17. The third-order valence-electron chi connectivity index (χ3n) is 3.25. The number of aromatic amines is 1. The summed E-state index contributed by atoms with van der Waals surface area (Å²) in [4.78, 5) is 0. The van der Waals surface area contributed by atoms with Crippen LogP contribution in [0.3, 0.4) is 0 Å². The Balaban J connectivity index is 2.36. The molecule has 0 aliphatic carbocycles. The highest BCUT2D eigenvalue weighted by Crippen LogP contribution is 2.28. The van der Waals surface area contributed by atoms with Gasteiger partial charge in [0, 0.05) is 36.3 Å². The van der Waals surface area contributed by atoms with E-state index in [0.29, 0.717) is 4.77 Å². The molecule has 4 nitrogen and oxygen atoms in total. The first-order valence-electron chi connectivity index (χ1n) is 5.92. The van der Waals surface area contributed by atoms with Gasteiger partial charge in [-0.15, -0.1) is 0 Å². The van der Waals surface area contributed by atoms with Crippen molar-refractivity contribution in [3.63, 3.8) is 0 Å². The second-order valence-electron chi connectivity index (χ2n) is 4.26. The number of fused-ring (bicyclic) bond motifs is 1. The zero-order valence-corrected chi connectivity index (χ0v) is 11.2. The SMILES string of the molecule is CCn1cc(-c2n[nH]c(=S)n2C)c2ccccc21. The second-order valence-corrected chi connectivity index (χ2v) is 4.64. The molecule has 0 aliphatic heterocycles. The number of rotatable bonds is 2. The standard InChI is InChI=1S/C13H14N4S/c1-3-17-8-10(9-6-4-5-7-11(9)17)12-14-15-13(18)16(12)2/h4-8H,3H2,1-2H3,(H,15,18). The highest BCUT2D eigenvalue weighted by Gasteiger charge is 2.13. The van der Waals surface area contributed by atoms with E-state index in [1.54, 1.807) is 0 Å². The van der Waals surface area contributed by atoms with Crippen LogP contribution in [-0.2, 0) is 13.6 Å². The molecule has 2 aromatic heterocycles. The first kappa shape index (κ1) is 11.2. The normalized spacial score (nSPS) is 11.2. The lowest BCUT2D eigenvalue weighted by Crippen LogP contribution is -1.92. The molecule has 5 heteroatoms. The summed E-state index contributed by atoms with van der Waals surface area (Å²) in [6.07, 6.45) is 2.13. The van der Waals surface area contributed by atoms with E-state index in [1.165, 1.54) is 10.9 Å². The van der Waals surface area contributed by atoms with Crippen molar-refractivity contribution in [3.05, 3.63) is 35.2 Å². The molecule has 0 unspecified atom stereocenters. The molecule has 0 bridgehead atoms. The lowest BCUT2D eigenvalue weighted by Gasteiger charge is -1.98. The van der Waals surface area contributed by atoms with Gasteiger partial charge in [0.2, 0.25) is 0 Å². The highest BCUT2D eigenvalue weighted by molar-refractivity contribution is 7.71. The van der Waals surface area contributed by atoms with Crippen LogP contribution in [-0.4, -0.2) is 19.3 Å². The maximum Gasteiger partial charge on any atom is 0.195 e. The zero-order valence-electron chi connectivity index (χ0n) is 10.3. The van der Waals surface area contributed by atoms with Crippen LogP contribution < -0.4 is 0 Å². The maximum atomic E-state index is 5.17. The minimum absolute atomic E-state index is 0.637. The van der Waals surface area contributed by atoms with Gasteiger partial charge >= 0.3 is 0 Å². The van der Waals surface area contributed by atoms with Crippen LogP contribution in [0, 0.1) is 4.77 Å². The largest absolute Gasteiger partial charge is 0.347 e. The zero-order chi connectivity index (χ0) is 12.7. The smallest absolute Gasteiger partial charge is 0.195 e. The number of aryl methyl sites for hydroxylation is 1. The predicted molar refractivity (Wildman–Crippen MR) is 75.0 cm³/mol. The molecule has 0 saturated carbocycles. The summed E-state index contributed by atoms with van der Waals surface area (Å²) in [7, 11) is 1.93. The summed E-state index contributed by atoms with van der Waals surface area (Å²) in [5, 5.41) is 8.35. The van der Waals surface area contributed by atoms with Gasteiger partial charge in [0.25, 0.3) is 0 Å². The number of para-hydroxylation sites is 1. The van der Waals surface area contributed by atoms with Gasteiger partial charge < -0.3 is 9.13 Å². The Kier molecular flexibility index (Phi) is 2.56. The topological polar surface area (TPSA) is 38.5 Å². The Hall–Kier alpha value is -1.88. The van der Waals surface area contributed by atoms with E-state index in [1.807, 2.05) is 17.7 Å². The molecule has 0 aliphatic rings. The monoisotopic (exact) mass is 258 g/mol. The van der Waals surface area contributed by atoms with Gasteiger partial charge in [-0.2, -0.15) is 5.10 Å². The van der Waals surface area contributed by atoms with Crippen molar-refractivity contribution in [1.82, 2.24) is 19.3 Å². The van der Waals surface area contributed by atoms with Gasteiger partial charge in [0.15, 0.2) is 10.6 Å². The number of hydrogen-bond acceptors (Lipinski definition) is 2. The van der Waals surface area contributed by atoms with Crippen LogP contribution in [0.5, 0.6) is 0 Å². The van der Waals surface area contributed by atoms with Gasteiger partial charge in [-0.1, -0.05) is 18.2 Å².